The van der Waals surface area contributed by atoms with Gasteiger partial charge in [0.2, 0.25) is 11.5 Å². The van der Waals surface area contributed by atoms with Crippen LogP contribution in [0.4, 0.5) is 5.82 Å². The number of hydrogen-bond donors (Lipinski definition) is 1. The van der Waals surface area contributed by atoms with Crippen molar-refractivity contribution < 1.29 is 18.9 Å². The first-order chi connectivity index (χ1) is 15.1. The molecule has 0 spiro atoms. The van der Waals surface area contributed by atoms with Crippen LogP contribution in [0.15, 0.2) is 53.2 Å². The molecule has 1 aliphatic heterocycles. The molecule has 0 bridgehead atoms. The molecule has 1 saturated heterocycles. The second-order valence-corrected chi connectivity index (χ2v) is 7.48. The van der Waals surface area contributed by atoms with Gasteiger partial charge >= 0.3 is 0 Å². The molecule has 1 aliphatic rings. The average molecular weight is 422 g/mol. The van der Waals surface area contributed by atoms with E-state index in [1.54, 1.807) is 12.0 Å². The molecule has 8 nitrogen and oxygen atoms in total. The lowest BCUT2D eigenvalue weighted by molar-refractivity contribution is -0.0233. The zero-order chi connectivity index (χ0) is 21.8. The first kappa shape index (κ1) is 20.9. The number of nitrogens with zero attached hydrogens (tertiary/aromatic N) is 3. The maximum atomic E-state index is 12.9. The van der Waals surface area contributed by atoms with Crippen molar-refractivity contribution in [3.05, 3.63) is 59.8 Å². The number of nitrogens with two attached hydrogens (primary N) is 1. The van der Waals surface area contributed by atoms with Gasteiger partial charge in [-0.2, -0.15) is 0 Å². The summed E-state index contributed by atoms with van der Waals surface area (Å²) in [7, 11) is 1.66. The Labute approximate surface area is 180 Å². The van der Waals surface area contributed by atoms with Crippen molar-refractivity contribution in [1.29, 1.82) is 0 Å². The molecule has 31 heavy (non-hydrogen) atoms. The molecule has 2 atom stereocenters. The predicted molar refractivity (Wildman–Crippen MR) is 116 cm³/mol. The molecule has 1 aromatic heterocycles. The molecule has 2 aromatic carbocycles. The number of nitrogen functional groups attached to an aromatic ring is 1. The minimum Gasteiger partial charge on any atom is -0.497 e. The number of anilines is 1. The van der Waals surface area contributed by atoms with E-state index in [1.807, 2.05) is 31.2 Å². The Morgan fingerprint density at radius 3 is 2.39 bits per heavy atom. The van der Waals surface area contributed by atoms with E-state index in [1.165, 1.54) is 0 Å². The molecular weight excluding hydrogens is 396 g/mol. The first-order valence-electron chi connectivity index (χ1n) is 10.4. The van der Waals surface area contributed by atoms with Crippen LogP contribution in [0.1, 0.15) is 41.9 Å². The van der Waals surface area contributed by atoms with Crippen LogP contribution < -0.4 is 10.5 Å². The third-order valence-corrected chi connectivity index (χ3v) is 5.72. The maximum absolute atomic E-state index is 12.9. The summed E-state index contributed by atoms with van der Waals surface area (Å²) in [5, 5.41) is 7.18. The summed E-state index contributed by atoms with van der Waals surface area (Å²) in [6, 6.07) is 16.4. The van der Waals surface area contributed by atoms with Gasteiger partial charge < -0.3 is 20.1 Å². The zero-order valence-electron chi connectivity index (χ0n) is 17.7. The van der Waals surface area contributed by atoms with E-state index in [-0.39, 0.29) is 29.6 Å². The van der Waals surface area contributed by atoms with Crippen LogP contribution in [0.2, 0.25) is 0 Å². The number of hydrogen-bond acceptors (Lipinski definition) is 7. The quantitative estimate of drug-likeness (QED) is 0.646. The van der Waals surface area contributed by atoms with Gasteiger partial charge in [0.15, 0.2) is 0 Å². The molecule has 1 amide bonds. The lowest BCUT2D eigenvalue weighted by Crippen LogP contribution is -2.44. The summed E-state index contributed by atoms with van der Waals surface area (Å²) >= 11 is 0. The molecule has 3 aromatic rings. The fraction of sp³-hybridized carbons (Fsp3) is 0.348. The molecule has 8 heteroatoms. The minimum atomic E-state index is -0.262. The smallest absolute Gasteiger partial charge is 0.280 e. The minimum absolute atomic E-state index is 0.0150. The SMILES string of the molecule is CCN(C(=O)c1nonc1N)[C@H]1CCO[C@@H](c2ccc(-c3ccc(OC)cc3)cc2)C1. The van der Waals surface area contributed by atoms with Gasteiger partial charge in [-0.1, -0.05) is 36.4 Å². The van der Waals surface area contributed by atoms with E-state index < -0.39 is 0 Å². The number of carbonyl (C=O) groups excluding carboxylic acids is 1. The highest BCUT2D eigenvalue weighted by Crippen LogP contribution is 2.33. The molecular formula is C23H26N4O4. The summed E-state index contributed by atoms with van der Waals surface area (Å²) in [4.78, 5) is 14.7. The van der Waals surface area contributed by atoms with Crippen LogP contribution in [0.3, 0.4) is 0 Å². The van der Waals surface area contributed by atoms with Crippen LogP contribution in [0.5, 0.6) is 5.75 Å². The van der Waals surface area contributed by atoms with Gasteiger partial charge in [0.05, 0.1) is 13.2 Å². The fourth-order valence-electron chi connectivity index (χ4n) is 4.02. The molecule has 2 heterocycles. The fourth-order valence-corrected chi connectivity index (χ4v) is 4.02. The lowest BCUT2D eigenvalue weighted by atomic mass is 9.94. The second-order valence-electron chi connectivity index (χ2n) is 7.48. The second kappa shape index (κ2) is 9.18. The van der Waals surface area contributed by atoms with E-state index in [2.05, 4.69) is 39.2 Å². The number of aromatic nitrogens is 2. The Balaban J connectivity index is 1.47. The Morgan fingerprint density at radius 1 is 1.13 bits per heavy atom. The number of rotatable bonds is 6. The van der Waals surface area contributed by atoms with E-state index in [9.17, 15) is 4.79 Å². The third-order valence-electron chi connectivity index (χ3n) is 5.72. The van der Waals surface area contributed by atoms with Gasteiger partial charge in [-0.15, -0.1) is 0 Å². The monoisotopic (exact) mass is 422 g/mol. The van der Waals surface area contributed by atoms with Crippen LogP contribution in [-0.4, -0.2) is 47.4 Å². The highest BCUT2D eigenvalue weighted by Gasteiger charge is 2.32. The van der Waals surface area contributed by atoms with Crippen molar-refractivity contribution in [2.45, 2.75) is 31.9 Å². The summed E-state index contributed by atoms with van der Waals surface area (Å²) in [6.07, 6.45) is 1.37. The number of methoxy groups -OCH3 is 1. The van der Waals surface area contributed by atoms with Crippen molar-refractivity contribution in [3.8, 4) is 16.9 Å². The molecule has 2 N–H and O–H groups in total. The normalized spacial score (nSPS) is 18.5. The van der Waals surface area contributed by atoms with Crippen LogP contribution in [0, 0.1) is 0 Å². The van der Waals surface area contributed by atoms with Gasteiger partial charge in [0.1, 0.15) is 5.75 Å². The average Bonchev–Trinajstić information content (AvgIpc) is 3.26. The van der Waals surface area contributed by atoms with Crippen molar-refractivity contribution in [3.63, 3.8) is 0 Å². The largest absolute Gasteiger partial charge is 0.497 e. The van der Waals surface area contributed by atoms with E-state index in [0.29, 0.717) is 19.6 Å². The van der Waals surface area contributed by atoms with Crippen molar-refractivity contribution in [2.24, 2.45) is 0 Å². The summed E-state index contributed by atoms with van der Waals surface area (Å²) in [6.45, 7) is 3.06. The lowest BCUT2D eigenvalue weighted by Gasteiger charge is -2.37. The van der Waals surface area contributed by atoms with Crippen LogP contribution in [0.25, 0.3) is 11.1 Å². The van der Waals surface area contributed by atoms with Crippen molar-refractivity contribution in [2.75, 3.05) is 26.0 Å². The Hall–Kier alpha value is -3.39. The van der Waals surface area contributed by atoms with Gasteiger partial charge in [-0.25, -0.2) is 4.63 Å². The Kier molecular flexibility index (Phi) is 6.18. The molecule has 0 radical (unpaired) electrons. The van der Waals surface area contributed by atoms with Crippen molar-refractivity contribution in [1.82, 2.24) is 15.2 Å². The number of benzene rings is 2. The molecule has 4 rings (SSSR count). The molecule has 0 unspecified atom stereocenters. The van der Waals surface area contributed by atoms with E-state index in [4.69, 9.17) is 15.2 Å². The van der Waals surface area contributed by atoms with Crippen LogP contribution in [-0.2, 0) is 4.74 Å². The molecule has 1 fully saturated rings. The zero-order valence-corrected chi connectivity index (χ0v) is 17.7. The predicted octanol–water partition coefficient (Wildman–Crippen LogP) is 3.71. The van der Waals surface area contributed by atoms with E-state index >= 15 is 0 Å². The highest BCUT2D eigenvalue weighted by molar-refractivity contribution is 5.96. The number of carbonyl (C=O) groups is 1. The third kappa shape index (κ3) is 4.39. The topological polar surface area (TPSA) is 104 Å². The molecule has 0 aliphatic carbocycles. The van der Waals surface area contributed by atoms with Crippen molar-refractivity contribution >= 4 is 11.7 Å². The van der Waals surface area contributed by atoms with Gasteiger partial charge in [0.25, 0.3) is 5.91 Å². The van der Waals surface area contributed by atoms with Gasteiger partial charge in [0, 0.05) is 19.2 Å². The van der Waals surface area contributed by atoms with Gasteiger partial charge in [-0.05, 0) is 58.9 Å². The highest BCUT2D eigenvalue weighted by atomic mass is 16.6. The van der Waals surface area contributed by atoms with E-state index in [0.717, 1.165) is 28.9 Å². The standard InChI is InChI=1S/C23H26N4O4/c1-3-27(23(28)21-22(24)26-31-25-21)18-12-13-30-20(14-18)17-6-4-15(5-7-17)16-8-10-19(29-2)11-9-16/h4-11,18,20H,3,12-14H2,1-2H3,(H2,24,26)/t18-,20+/m0/s1. The molecule has 0 saturated carbocycles. The number of ether oxygens (including phenoxy) is 2. The maximum Gasteiger partial charge on any atom is 0.280 e. The van der Waals surface area contributed by atoms with Crippen LogP contribution >= 0.6 is 0 Å². The number of amides is 1. The Bertz CT molecular complexity index is 1020. The summed E-state index contributed by atoms with van der Waals surface area (Å²) in [5.74, 6) is 0.586. The van der Waals surface area contributed by atoms with Gasteiger partial charge in [-0.3, -0.25) is 4.79 Å². The molecule has 162 valence electrons. The Morgan fingerprint density at radius 2 is 1.81 bits per heavy atom. The first-order valence-corrected chi connectivity index (χ1v) is 10.4. The summed E-state index contributed by atoms with van der Waals surface area (Å²) in [5.41, 5.74) is 9.11. The summed E-state index contributed by atoms with van der Waals surface area (Å²) < 4.78 is 15.9.